The summed E-state index contributed by atoms with van der Waals surface area (Å²) in [7, 11) is 0. The van der Waals surface area contributed by atoms with Crippen molar-refractivity contribution in [3.05, 3.63) is 35.1 Å². The van der Waals surface area contributed by atoms with Gasteiger partial charge in [-0.05, 0) is 12.3 Å². The van der Waals surface area contributed by atoms with E-state index in [1.807, 2.05) is 6.92 Å². The van der Waals surface area contributed by atoms with Crippen molar-refractivity contribution in [3.8, 4) is 0 Å². The van der Waals surface area contributed by atoms with E-state index >= 15 is 0 Å². The second-order valence-electron chi connectivity index (χ2n) is 3.47. The zero-order chi connectivity index (χ0) is 10.7. The molecule has 0 amide bonds. The average Bonchev–Trinajstić information content (AvgIpc) is 2.01. The summed E-state index contributed by atoms with van der Waals surface area (Å²) in [6.07, 6.45) is 1.54. The van der Waals surface area contributed by atoms with E-state index in [1.54, 1.807) is 6.92 Å². The van der Waals surface area contributed by atoms with Crippen LogP contribution < -0.4 is 0 Å². The molecule has 0 unspecified atom stereocenters. The van der Waals surface area contributed by atoms with Gasteiger partial charge >= 0.3 is 0 Å². The Morgan fingerprint density at radius 1 is 1.14 bits per heavy atom. The zero-order valence-electron chi connectivity index (χ0n) is 8.28. The Balaban J connectivity index is 3.07. The Morgan fingerprint density at radius 2 is 1.64 bits per heavy atom. The fourth-order valence-electron chi connectivity index (χ4n) is 1.60. The van der Waals surface area contributed by atoms with Gasteiger partial charge in [-0.3, -0.25) is 0 Å². The van der Waals surface area contributed by atoms with E-state index in [1.165, 1.54) is 0 Å². The summed E-state index contributed by atoms with van der Waals surface area (Å²) in [6, 6.07) is 1.45. The van der Waals surface area contributed by atoms with Gasteiger partial charge in [0.25, 0.3) is 0 Å². The van der Waals surface area contributed by atoms with Crippen molar-refractivity contribution in [3.63, 3.8) is 0 Å². The third-order valence-electron chi connectivity index (χ3n) is 2.26. The molecule has 1 atom stereocenters. The largest absolute Gasteiger partial charge is 0.207 e. The molecule has 0 aliphatic carbocycles. The number of benzene rings is 1. The van der Waals surface area contributed by atoms with Crippen LogP contribution >= 0.6 is 0 Å². The summed E-state index contributed by atoms with van der Waals surface area (Å²) in [5.41, 5.74) is -0.00625. The van der Waals surface area contributed by atoms with E-state index in [4.69, 9.17) is 0 Å². The van der Waals surface area contributed by atoms with E-state index in [2.05, 4.69) is 0 Å². The summed E-state index contributed by atoms with van der Waals surface area (Å²) >= 11 is 0. The first-order valence-corrected chi connectivity index (χ1v) is 4.70. The van der Waals surface area contributed by atoms with Crippen molar-refractivity contribution < 1.29 is 13.2 Å². The molecule has 1 rings (SSSR count). The highest BCUT2D eigenvalue weighted by Gasteiger charge is 2.16. The predicted octanol–water partition coefficient (Wildman–Crippen LogP) is 4.01. The molecule has 0 saturated heterocycles. The first-order valence-electron chi connectivity index (χ1n) is 4.70. The van der Waals surface area contributed by atoms with E-state index in [9.17, 15) is 13.2 Å². The van der Waals surface area contributed by atoms with E-state index in [-0.39, 0.29) is 11.5 Å². The van der Waals surface area contributed by atoms with Crippen LogP contribution in [0.25, 0.3) is 0 Å². The maximum atomic E-state index is 13.2. The van der Waals surface area contributed by atoms with Crippen LogP contribution in [0.1, 0.15) is 38.2 Å². The molecule has 1 aromatic rings. The summed E-state index contributed by atoms with van der Waals surface area (Å²) in [5.74, 6) is -2.65. The maximum Gasteiger partial charge on any atom is 0.132 e. The molecule has 0 spiro atoms. The van der Waals surface area contributed by atoms with E-state index in [0.717, 1.165) is 18.6 Å². The van der Waals surface area contributed by atoms with Gasteiger partial charge in [0.05, 0.1) is 0 Å². The van der Waals surface area contributed by atoms with Crippen molar-refractivity contribution in [1.82, 2.24) is 0 Å². The topological polar surface area (TPSA) is 0 Å². The van der Waals surface area contributed by atoms with Gasteiger partial charge < -0.3 is 0 Å². The highest BCUT2D eigenvalue weighted by Crippen LogP contribution is 2.26. The first kappa shape index (κ1) is 11.1. The highest BCUT2D eigenvalue weighted by atomic mass is 19.1. The quantitative estimate of drug-likeness (QED) is 0.694. The lowest BCUT2D eigenvalue weighted by Gasteiger charge is -2.12. The molecule has 14 heavy (non-hydrogen) atoms. The monoisotopic (exact) mass is 202 g/mol. The minimum absolute atomic E-state index is 0.00625. The van der Waals surface area contributed by atoms with Crippen molar-refractivity contribution in [2.45, 2.75) is 32.6 Å². The highest BCUT2D eigenvalue weighted by molar-refractivity contribution is 5.24. The van der Waals surface area contributed by atoms with Gasteiger partial charge in [-0.1, -0.05) is 20.3 Å². The van der Waals surface area contributed by atoms with Crippen LogP contribution in [-0.4, -0.2) is 0 Å². The van der Waals surface area contributed by atoms with Gasteiger partial charge in [-0.25, -0.2) is 13.2 Å². The number of hydrogen-bond acceptors (Lipinski definition) is 0. The minimum atomic E-state index is -0.868. The lowest BCUT2D eigenvalue weighted by molar-refractivity contribution is 0.497. The molecule has 0 aromatic heterocycles. The first-order chi connectivity index (χ1) is 6.56. The molecular weight excluding hydrogens is 189 g/mol. The van der Waals surface area contributed by atoms with Gasteiger partial charge in [-0.15, -0.1) is 0 Å². The normalized spacial score (nSPS) is 12.9. The Labute approximate surface area is 81.8 Å². The van der Waals surface area contributed by atoms with Crippen molar-refractivity contribution in [2.24, 2.45) is 0 Å². The molecule has 0 heterocycles. The molecule has 0 aliphatic heterocycles. The van der Waals surface area contributed by atoms with Gasteiger partial charge in [0.15, 0.2) is 0 Å². The summed E-state index contributed by atoms with van der Waals surface area (Å²) in [4.78, 5) is 0. The zero-order valence-corrected chi connectivity index (χ0v) is 8.28. The lowest BCUT2D eigenvalue weighted by atomic mass is 9.95. The van der Waals surface area contributed by atoms with Gasteiger partial charge in [0, 0.05) is 17.7 Å². The molecule has 78 valence electrons. The molecule has 1 aromatic carbocycles. The molecule has 0 fully saturated rings. The van der Waals surface area contributed by atoms with Crippen LogP contribution in [0, 0.1) is 17.5 Å². The lowest BCUT2D eigenvalue weighted by Crippen LogP contribution is -2.02. The second-order valence-corrected chi connectivity index (χ2v) is 3.47. The Kier molecular flexibility index (Phi) is 3.55. The average molecular weight is 202 g/mol. The van der Waals surface area contributed by atoms with Gasteiger partial charge in [0.2, 0.25) is 0 Å². The fraction of sp³-hybridized carbons (Fsp3) is 0.455. The minimum Gasteiger partial charge on any atom is -0.207 e. The molecule has 3 heteroatoms. The van der Waals surface area contributed by atoms with Gasteiger partial charge in [-0.2, -0.15) is 0 Å². The molecule has 0 aliphatic rings. The molecule has 0 radical (unpaired) electrons. The third kappa shape index (κ3) is 2.28. The van der Waals surface area contributed by atoms with E-state index in [0.29, 0.717) is 6.42 Å². The molecule has 0 saturated carbocycles. The SMILES string of the molecule is CCC[C@@H](C)c1c(F)cc(F)cc1F. The van der Waals surface area contributed by atoms with Crippen LogP contribution in [0.3, 0.4) is 0 Å². The standard InChI is InChI=1S/C11H13F3/c1-3-4-7(2)11-9(13)5-8(12)6-10(11)14/h5-7H,3-4H2,1-2H3/t7-/m1/s1. The maximum absolute atomic E-state index is 13.2. The number of hydrogen-bond donors (Lipinski definition) is 0. The van der Waals surface area contributed by atoms with Crippen LogP contribution in [0.15, 0.2) is 12.1 Å². The number of rotatable bonds is 3. The Hall–Kier alpha value is -0.990. The smallest absolute Gasteiger partial charge is 0.132 e. The summed E-state index contributed by atoms with van der Waals surface area (Å²) in [5, 5.41) is 0. The van der Waals surface area contributed by atoms with Crippen LogP contribution in [0.4, 0.5) is 13.2 Å². The molecule has 0 N–H and O–H groups in total. The molecule has 0 bridgehead atoms. The van der Waals surface area contributed by atoms with Gasteiger partial charge in [0.1, 0.15) is 17.5 Å². The second kappa shape index (κ2) is 4.49. The predicted molar refractivity (Wildman–Crippen MR) is 49.6 cm³/mol. The molecular formula is C11H13F3. The van der Waals surface area contributed by atoms with Crippen molar-refractivity contribution >= 4 is 0 Å². The van der Waals surface area contributed by atoms with Crippen LogP contribution in [0.5, 0.6) is 0 Å². The van der Waals surface area contributed by atoms with E-state index < -0.39 is 17.5 Å². The molecule has 0 nitrogen and oxygen atoms in total. The van der Waals surface area contributed by atoms with Crippen LogP contribution in [-0.2, 0) is 0 Å². The Bertz CT molecular complexity index is 297. The summed E-state index contributed by atoms with van der Waals surface area (Å²) < 4.78 is 39.0. The Morgan fingerprint density at radius 3 is 2.07 bits per heavy atom. The van der Waals surface area contributed by atoms with Crippen molar-refractivity contribution in [1.29, 1.82) is 0 Å². The number of halogens is 3. The van der Waals surface area contributed by atoms with Crippen molar-refractivity contribution in [2.75, 3.05) is 0 Å². The van der Waals surface area contributed by atoms with Crippen LogP contribution in [0.2, 0.25) is 0 Å². The fourth-order valence-corrected chi connectivity index (χ4v) is 1.60. The third-order valence-corrected chi connectivity index (χ3v) is 2.26. The summed E-state index contributed by atoms with van der Waals surface area (Å²) in [6.45, 7) is 3.68.